The monoisotopic (exact) mass is 366 g/mol. The summed E-state index contributed by atoms with van der Waals surface area (Å²) in [7, 11) is 0. The summed E-state index contributed by atoms with van der Waals surface area (Å²) in [5, 5.41) is 0. The molecule has 0 atom stereocenters. The molecule has 3 aromatic heterocycles. The van der Waals surface area contributed by atoms with Crippen LogP contribution in [0.1, 0.15) is 28.7 Å². The number of aromatic nitrogens is 3. The van der Waals surface area contributed by atoms with Gasteiger partial charge in [-0.2, -0.15) is 0 Å². The minimum Gasteiger partial charge on any atom is -0.280 e. The molecule has 28 heavy (non-hydrogen) atoms. The molecule has 0 aliphatic heterocycles. The number of hydrogen-bond acceptors (Lipinski definition) is 4. The first-order chi connectivity index (χ1) is 13.9. The smallest absolute Gasteiger partial charge is 0.0956 e. The first-order valence-electron chi connectivity index (χ1n) is 9.40. The summed E-state index contributed by atoms with van der Waals surface area (Å²) in [6.45, 7) is 1.47. The highest BCUT2D eigenvalue weighted by Gasteiger charge is 2.25. The molecule has 0 bridgehead atoms. The normalized spacial score (nSPS) is 11.1. The van der Waals surface area contributed by atoms with Gasteiger partial charge in [-0.05, 0) is 42.0 Å². The third-order valence-corrected chi connectivity index (χ3v) is 4.62. The molecule has 0 unspecified atom stereocenters. The Bertz CT molecular complexity index is 879. The van der Waals surface area contributed by atoms with Crippen LogP contribution in [0.15, 0.2) is 104 Å². The second-order valence-corrected chi connectivity index (χ2v) is 6.62. The number of hydrogen-bond donors (Lipinski definition) is 0. The maximum absolute atomic E-state index is 4.66. The van der Waals surface area contributed by atoms with Gasteiger partial charge in [0.05, 0.1) is 23.1 Å². The van der Waals surface area contributed by atoms with Crippen molar-refractivity contribution in [2.75, 3.05) is 0 Å². The van der Waals surface area contributed by atoms with E-state index < -0.39 is 0 Å². The van der Waals surface area contributed by atoms with Gasteiger partial charge in [-0.25, -0.2) is 0 Å². The molecule has 0 amide bonds. The quantitative estimate of drug-likeness (QED) is 0.477. The second kappa shape index (κ2) is 9.02. The van der Waals surface area contributed by atoms with Crippen molar-refractivity contribution in [1.29, 1.82) is 0 Å². The van der Waals surface area contributed by atoms with E-state index in [1.807, 2.05) is 61.1 Å². The molecule has 0 aliphatic rings. The third kappa shape index (κ3) is 4.48. The van der Waals surface area contributed by atoms with Gasteiger partial charge in [-0.1, -0.05) is 48.5 Å². The van der Waals surface area contributed by atoms with Crippen molar-refractivity contribution < 1.29 is 0 Å². The Hall–Kier alpha value is -3.37. The minimum atomic E-state index is -0.0652. The number of benzene rings is 1. The standard InChI is InChI=1S/C24H22N4/c1-2-10-20(11-3-1)18-28(19-21-12-4-7-15-25-21)24(22-13-5-8-16-26-22)23-14-6-9-17-27-23/h1-17,24H,18-19H2. The van der Waals surface area contributed by atoms with Crippen LogP contribution in [0.3, 0.4) is 0 Å². The Morgan fingerprint density at radius 2 is 1.14 bits per heavy atom. The van der Waals surface area contributed by atoms with E-state index in [4.69, 9.17) is 0 Å². The Labute approximate surface area is 165 Å². The molecule has 0 radical (unpaired) electrons. The van der Waals surface area contributed by atoms with Crippen LogP contribution in [0.2, 0.25) is 0 Å². The summed E-state index contributed by atoms with van der Waals surface area (Å²) >= 11 is 0. The first kappa shape index (κ1) is 18.0. The van der Waals surface area contributed by atoms with Gasteiger partial charge < -0.3 is 0 Å². The highest BCUT2D eigenvalue weighted by Crippen LogP contribution is 2.28. The van der Waals surface area contributed by atoms with E-state index in [0.29, 0.717) is 6.54 Å². The van der Waals surface area contributed by atoms with Crippen LogP contribution in [0, 0.1) is 0 Å². The van der Waals surface area contributed by atoms with Crippen molar-refractivity contribution in [2.45, 2.75) is 19.1 Å². The number of rotatable bonds is 7. The molecule has 0 saturated carbocycles. The third-order valence-electron chi connectivity index (χ3n) is 4.62. The lowest BCUT2D eigenvalue weighted by Gasteiger charge is -2.31. The van der Waals surface area contributed by atoms with Crippen LogP contribution >= 0.6 is 0 Å². The van der Waals surface area contributed by atoms with E-state index in [2.05, 4.69) is 62.3 Å². The van der Waals surface area contributed by atoms with Gasteiger partial charge in [-0.3, -0.25) is 19.9 Å². The topological polar surface area (TPSA) is 41.9 Å². The molecule has 4 rings (SSSR count). The molecular formula is C24H22N4. The zero-order valence-corrected chi connectivity index (χ0v) is 15.6. The molecule has 0 saturated heterocycles. The molecule has 138 valence electrons. The zero-order valence-electron chi connectivity index (χ0n) is 15.6. The van der Waals surface area contributed by atoms with Crippen molar-refractivity contribution in [1.82, 2.24) is 19.9 Å². The summed E-state index contributed by atoms with van der Waals surface area (Å²) in [4.78, 5) is 16.2. The van der Waals surface area contributed by atoms with Crippen LogP contribution < -0.4 is 0 Å². The maximum Gasteiger partial charge on any atom is 0.0956 e. The Balaban J connectivity index is 1.76. The van der Waals surface area contributed by atoms with Crippen LogP contribution in [0.5, 0.6) is 0 Å². The zero-order chi connectivity index (χ0) is 19.0. The fraction of sp³-hybridized carbons (Fsp3) is 0.125. The maximum atomic E-state index is 4.66. The first-order valence-corrected chi connectivity index (χ1v) is 9.40. The molecule has 3 heterocycles. The summed E-state index contributed by atoms with van der Waals surface area (Å²) in [5.74, 6) is 0. The number of nitrogens with zero attached hydrogens (tertiary/aromatic N) is 4. The highest BCUT2D eigenvalue weighted by atomic mass is 15.2. The van der Waals surface area contributed by atoms with Gasteiger partial charge in [0.15, 0.2) is 0 Å². The molecule has 0 aliphatic carbocycles. The van der Waals surface area contributed by atoms with E-state index in [1.165, 1.54) is 5.56 Å². The van der Waals surface area contributed by atoms with E-state index in [1.54, 1.807) is 0 Å². The lowest BCUT2D eigenvalue weighted by atomic mass is 10.0. The van der Waals surface area contributed by atoms with Gasteiger partial charge in [0.1, 0.15) is 0 Å². The van der Waals surface area contributed by atoms with Crippen molar-refractivity contribution >= 4 is 0 Å². The van der Waals surface area contributed by atoms with Gasteiger partial charge in [0, 0.05) is 31.7 Å². The van der Waals surface area contributed by atoms with Crippen LogP contribution in [-0.2, 0) is 13.1 Å². The SMILES string of the molecule is c1ccc(CN(Cc2ccccn2)C(c2ccccn2)c2ccccn2)cc1. The van der Waals surface area contributed by atoms with E-state index in [-0.39, 0.29) is 6.04 Å². The number of pyridine rings is 3. The van der Waals surface area contributed by atoms with Crippen molar-refractivity contribution in [3.05, 3.63) is 126 Å². The van der Waals surface area contributed by atoms with Crippen LogP contribution in [0.4, 0.5) is 0 Å². The van der Waals surface area contributed by atoms with Crippen molar-refractivity contribution in [3.8, 4) is 0 Å². The Kier molecular flexibility index (Phi) is 5.80. The van der Waals surface area contributed by atoms with Crippen molar-refractivity contribution in [2.24, 2.45) is 0 Å². The fourth-order valence-electron chi connectivity index (χ4n) is 3.36. The van der Waals surface area contributed by atoms with E-state index in [9.17, 15) is 0 Å². The Morgan fingerprint density at radius 3 is 1.68 bits per heavy atom. The highest BCUT2D eigenvalue weighted by molar-refractivity contribution is 5.24. The Morgan fingerprint density at radius 1 is 0.571 bits per heavy atom. The molecule has 4 nitrogen and oxygen atoms in total. The molecule has 4 heteroatoms. The summed E-state index contributed by atoms with van der Waals surface area (Å²) in [6, 6.07) is 28.5. The summed E-state index contributed by atoms with van der Waals surface area (Å²) < 4.78 is 0. The summed E-state index contributed by atoms with van der Waals surface area (Å²) in [6.07, 6.45) is 5.52. The molecule has 0 N–H and O–H groups in total. The molecule has 0 spiro atoms. The minimum absolute atomic E-state index is 0.0652. The molecule has 4 aromatic rings. The lowest BCUT2D eigenvalue weighted by molar-refractivity contribution is 0.197. The molecular weight excluding hydrogens is 344 g/mol. The van der Waals surface area contributed by atoms with Crippen LogP contribution in [-0.4, -0.2) is 19.9 Å². The summed E-state index contributed by atoms with van der Waals surface area (Å²) in [5.41, 5.74) is 4.23. The predicted molar refractivity (Wildman–Crippen MR) is 110 cm³/mol. The van der Waals surface area contributed by atoms with Gasteiger partial charge in [0.25, 0.3) is 0 Å². The fourth-order valence-corrected chi connectivity index (χ4v) is 3.36. The average Bonchev–Trinajstić information content (AvgIpc) is 2.77. The average molecular weight is 366 g/mol. The molecule has 0 fully saturated rings. The van der Waals surface area contributed by atoms with E-state index >= 15 is 0 Å². The molecule has 1 aromatic carbocycles. The second-order valence-electron chi connectivity index (χ2n) is 6.62. The lowest BCUT2D eigenvalue weighted by Crippen LogP contribution is -2.30. The van der Waals surface area contributed by atoms with Crippen molar-refractivity contribution in [3.63, 3.8) is 0 Å². The van der Waals surface area contributed by atoms with Gasteiger partial charge >= 0.3 is 0 Å². The largest absolute Gasteiger partial charge is 0.280 e. The predicted octanol–water partition coefficient (Wildman–Crippen LogP) is 4.66. The van der Waals surface area contributed by atoms with Gasteiger partial charge in [0.2, 0.25) is 0 Å². The van der Waals surface area contributed by atoms with Crippen LogP contribution in [0.25, 0.3) is 0 Å². The van der Waals surface area contributed by atoms with Gasteiger partial charge in [-0.15, -0.1) is 0 Å². The van der Waals surface area contributed by atoms with E-state index in [0.717, 1.165) is 23.6 Å².